The van der Waals surface area contributed by atoms with Gasteiger partial charge in [-0.15, -0.1) is 0 Å². The first-order chi connectivity index (χ1) is 9.97. The van der Waals surface area contributed by atoms with Crippen molar-refractivity contribution in [1.29, 1.82) is 0 Å². The molecular formula is C19H22O2. The van der Waals surface area contributed by atoms with Crippen LogP contribution in [-0.2, 0) is 20.7 Å². The van der Waals surface area contributed by atoms with Gasteiger partial charge in [0.1, 0.15) is 11.2 Å². The SMILES string of the molecule is CO[C@]1(C)c2ccccc2[C@@](C)(OC)c2cc(C)ccc21. The van der Waals surface area contributed by atoms with Crippen molar-refractivity contribution in [2.45, 2.75) is 32.0 Å². The highest BCUT2D eigenvalue weighted by atomic mass is 16.5. The first-order valence-electron chi connectivity index (χ1n) is 7.29. The Morgan fingerprint density at radius 2 is 1.19 bits per heavy atom. The fourth-order valence-electron chi connectivity index (χ4n) is 3.51. The second-order valence-electron chi connectivity index (χ2n) is 6.07. The van der Waals surface area contributed by atoms with Crippen LogP contribution in [-0.4, -0.2) is 14.2 Å². The van der Waals surface area contributed by atoms with Crippen LogP contribution in [0, 0.1) is 6.92 Å². The van der Waals surface area contributed by atoms with Crippen LogP contribution < -0.4 is 0 Å². The Labute approximate surface area is 126 Å². The van der Waals surface area contributed by atoms with Gasteiger partial charge in [0.05, 0.1) is 0 Å². The first kappa shape index (κ1) is 14.3. The normalized spacial score (nSPS) is 27.1. The fraction of sp³-hybridized carbons (Fsp3) is 0.368. The predicted octanol–water partition coefficient (Wildman–Crippen LogP) is 4.13. The molecule has 1 aliphatic rings. The molecule has 2 atom stereocenters. The van der Waals surface area contributed by atoms with E-state index < -0.39 is 11.2 Å². The van der Waals surface area contributed by atoms with Crippen molar-refractivity contribution in [3.8, 4) is 0 Å². The highest BCUT2D eigenvalue weighted by Gasteiger charge is 2.46. The predicted molar refractivity (Wildman–Crippen MR) is 84.5 cm³/mol. The third-order valence-corrected chi connectivity index (χ3v) is 4.97. The number of methoxy groups -OCH3 is 2. The number of ether oxygens (including phenoxy) is 2. The average molecular weight is 282 g/mol. The second-order valence-corrected chi connectivity index (χ2v) is 6.07. The van der Waals surface area contributed by atoms with E-state index in [1.807, 2.05) is 0 Å². The lowest BCUT2D eigenvalue weighted by atomic mass is 9.68. The van der Waals surface area contributed by atoms with Crippen molar-refractivity contribution >= 4 is 0 Å². The maximum atomic E-state index is 5.97. The van der Waals surface area contributed by atoms with Gasteiger partial charge in [-0.25, -0.2) is 0 Å². The van der Waals surface area contributed by atoms with Gasteiger partial charge in [-0.1, -0.05) is 48.0 Å². The average Bonchev–Trinajstić information content (AvgIpc) is 2.52. The van der Waals surface area contributed by atoms with Crippen molar-refractivity contribution in [3.63, 3.8) is 0 Å². The molecule has 0 N–H and O–H groups in total. The minimum Gasteiger partial charge on any atom is -0.369 e. The van der Waals surface area contributed by atoms with E-state index in [0.29, 0.717) is 0 Å². The lowest BCUT2D eigenvalue weighted by Gasteiger charge is -2.45. The molecule has 0 aromatic heterocycles. The molecular weight excluding hydrogens is 260 g/mol. The fourth-order valence-corrected chi connectivity index (χ4v) is 3.51. The summed E-state index contributed by atoms with van der Waals surface area (Å²) < 4.78 is 11.9. The maximum absolute atomic E-state index is 5.97. The lowest BCUT2D eigenvalue weighted by Crippen LogP contribution is -2.41. The van der Waals surface area contributed by atoms with E-state index in [9.17, 15) is 0 Å². The maximum Gasteiger partial charge on any atom is 0.116 e. The van der Waals surface area contributed by atoms with Crippen LogP contribution in [0.15, 0.2) is 42.5 Å². The molecule has 0 fully saturated rings. The summed E-state index contributed by atoms with van der Waals surface area (Å²) in [4.78, 5) is 0. The van der Waals surface area contributed by atoms with Gasteiger partial charge >= 0.3 is 0 Å². The molecule has 3 rings (SSSR count). The Kier molecular flexibility index (Phi) is 3.19. The number of hydrogen-bond acceptors (Lipinski definition) is 2. The third-order valence-electron chi connectivity index (χ3n) is 4.97. The molecule has 2 heteroatoms. The summed E-state index contributed by atoms with van der Waals surface area (Å²) in [5.74, 6) is 0. The van der Waals surface area contributed by atoms with E-state index in [1.54, 1.807) is 14.2 Å². The minimum atomic E-state index is -0.448. The topological polar surface area (TPSA) is 18.5 Å². The van der Waals surface area contributed by atoms with Gasteiger partial charge in [-0.3, -0.25) is 0 Å². The van der Waals surface area contributed by atoms with Gasteiger partial charge in [0.15, 0.2) is 0 Å². The molecule has 2 aromatic carbocycles. The van der Waals surface area contributed by atoms with Gasteiger partial charge in [0.2, 0.25) is 0 Å². The Morgan fingerprint density at radius 1 is 0.714 bits per heavy atom. The zero-order chi connectivity index (χ0) is 15.3. The molecule has 2 aromatic rings. The van der Waals surface area contributed by atoms with Crippen LogP contribution >= 0.6 is 0 Å². The smallest absolute Gasteiger partial charge is 0.116 e. The van der Waals surface area contributed by atoms with Crippen LogP contribution in [0.5, 0.6) is 0 Å². The zero-order valence-electron chi connectivity index (χ0n) is 13.4. The van der Waals surface area contributed by atoms with Gasteiger partial charge in [0, 0.05) is 14.2 Å². The highest BCUT2D eigenvalue weighted by molar-refractivity contribution is 5.57. The largest absolute Gasteiger partial charge is 0.369 e. The number of fused-ring (bicyclic) bond motifs is 2. The summed E-state index contributed by atoms with van der Waals surface area (Å²) in [6.07, 6.45) is 0. The first-order valence-corrected chi connectivity index (χ1v) is 7.29. The number of rotatable bonds is 2. The van der Waals surface area contributed by atoms with Crippen molar-refractivity contribution in [2.75, 3.05) is 14.2 Å². The number of aryl methyl sites for hydroxylation is 1. The molecule has 0 heterocycles. The molecule has 0 radical (unpaired) electrons. The van der Waals surface area contributed by atoms with Crippen LogP contribution in [0.1, 0.15) is 41.7 Å². The zero-order valence-corrected chi connectivity index (χ0v) is 13.4. The molecule has 2 nitrogen and oxygen atoms in total. The van der Waals surface area contributed by atoms with Gasteiger partial charge in [-0.2, -0.15) is 0 Å². The van der Waals surface area contributed by atoms with E-state index in [0.717, 1.165) is 0 Å². The lowest BCUT2D eigenvalue weighted by molar-refractivity contribution is -0.00364. The van der Waals surface area contributed by atoms with Crippen LogP contribution in [0.4, 0.5) is 0 Å². The van der Waals surface area contributed by atoms with Gasteiger partial charge in [0.25, 0.3) is 0 Å². The molecule has 0 spiro atoms. The van der Waals surface area contributed by atoms with Crippen LogP contribution in [0.3, 0.4) is 0 Å². The van der Waals surface area contributed by atoms with Crippen molar-refractivity contribution in [2.24, 2.45) is 0 Å². The molecule has 0 saturated heterocycles. The van der Waals surface area contributed by atoms with Crippen molar-refractivity contribution in [1.82, 2.24) is 0 Å². The summed E-state index contributed by atoms with van der Waals surface area (Å²) in [7, 11) is 3.55. The Hall–Kier alpha value is -1.64. The molecule has 0 saturated carbocycles. The van der Waals surface area contributed by atoms with E-state index in [4.69, 9.17) is 9.47 Å². The van der Waals surface area contributed by atoms with E-state index in [1.165, 1.54) is 27.8 Å². The monoisotopic (exact) mass is 282 g/mol. The third kappa shape index (κ3) is 1.79. The van der Waals surface area contributed by atoms with E-state index in [2.05, 4.69) is 63.2 Å². The van der Waals surface area contributed by atoms with Crippen molar-refractivity contribution < 1.29 is 9.47 Å². The summed E-state index contributed by atoms with van der Waals surface area (Å²) in [6, 6.07) is 14.9. The summed E-state index contributed by atoms with van der Waals surface area (Å²) in [5, 5.41) is 0. The molecule has 110 valence electrons. The second kappa shape index (κ2) is 4.69. The van der Waals surface area contributed by atoms with Crippen LogP contribution in [0.25, 0.3) is 0 Å². The van der Waals surface area contributed by atoms with Gasteiger partial charge < -0.3 is 9.47 Å². The summed E-state index contributed by atoms with van der Waals surface area (Å²) in [5.41, 5.74) is 5.05. The molecule has 0 aliphatic heterocycles. The van der Waals surface area contributed by atoms with Crippen LogP contribution in [0.2, 0.25) is 0 Å². The Morgan fingerprint density at radius 3 is 1.71 bits per heavy atom. The molecule has 0 unspecified atom stereocenters. The highest BCUT2D eigenvalue weighted by Crippen LogP contribution is 2.50. The van der Waals surface area contributed by atoms with Crippen molar-refractivity contribution in [3.05, 3.63) is 70.3 Å². The summed E-state index contributed by atoms with van der Waals surface area (Å²) in [6.45, 7) is 6.38. The van der Waals surface area contributed by atoms with E-state index in [-0.39, 0.29) is 0 Å². The Balaban J connectivity index is 2.42. The minimum absolute atomic E-state index is 0.447. The molecule has 0 amide bonds. The molecule has 1 aliphatic carbocycles. The van der Waals surface area contributed by atoms with E-state index >= 15 is 0 Å². The number of benzene rings is 2. The standard InChI is InChI=1S/C19H22O2/c1-13-10-11-16-17(12-13)19(3,21-5)15-9-7-6-8-14(15)18(16,2)20-4/h6-12H,1-5H3/t18-,19-/m1/s1. The van der Waals surface area contributed by atoms with Gasteiger partial charge in [-0.05, 0) is 43.0 Å². The Bertz CT molecular complexity index is 692. The molecule has 0 bridgehead atoms. The quantitative estimate of drug-likeness (QED) is 0.824. The molecule has 21 heavy (non-hydrogen) atoms. The summed E-state index contributed by atoms with van der Waals surface area (Å²) >= 11 is 0. The number of hydrogen-bond donors (Lipinski definition) is 0.